The first-order chi connectivity index (χ1) is 14.8. The van der Waals surface area contributed by atoms with E-state index < -0.39 is 0 Å². The van der Waals surface area contributed by atoms with Gasteiger partial charge in [-0.2, -0.15) is 0 Å². The van der Waals surface area contributed by atoms with Crippen LogP contribution >= 0.6 is 0 Å². The molecule has 0 spiro atoms. The Balaban J connectivity index is 1.73. The molecule has 0 aliphatic rings. The highest BCUT2D eigenvalue weighted by Crippen LogP contribution is 2.27. The van der Waals surface area contributed by atoms with Crippen LogP contribution in [0.4, 0.5) is 0 Å². The molecule has 0 amide bonds. The number of nitrogens with zero attached hydrogens (tertiary/aromatic N) is 2. The van der Waals surface area contributed by atoms with E-state index >= 15 is 0 Å². The summed E-state index contributed by atoms with van der Waals surface area (Å²) in [5, 5.41) is 4.89. The minimum Gasteiger partial charge on any atom is -0.495 e. The highest BCUT2D eigenvalue weighted by molar-refractivity contribution is 5.95. The van der Waals surface area contributed by atoms with Crippen LogP contribution in [0, 0.1) is 0 Å². The number of benzene rings is 3. The predicted molar refractivity (Wildman–Crippen MR) is 119 cm³/mol. The largest absolute Gasteiger partial charge is 0.495 e. The third kappa shape index (κ3) is 4.10. The van der Waals surface area contributed by atoms with Crippen molar-refractivity contribution in [2.24, 2.45) is 5.16 Å². The Kier molecular flexibility index (Phi) is 5.90. The summed E-state index contributed by atoms with van der Waals surface area (Å²) in [4.78, 5) is 18.8. The third-order valence-corrected chi connectivity index (χ3v) is 4.88. The van der Waals surface area contributed by atoms with Crippen LogP contribution in [0.1, 0.15) is 16.7 Å². The summed E-state index contributed by atoms with van der Waals surface area (Å²) in [6.07, 6.45) is 1.44. The lowest BCUT2D eigenvalue weighted by Gasteiger charge is -2.15. The molecule has 0 radical (unpaired) electrons. The molecule has 5 heteroatoms. The number of ether oxygens (including phenoxy) is 1. The summed E-state index contributed by atoms with van der Waals surface area (Å²) in [5.74, 6) is 0.493. The molecule has 30 heavy (non-hydrogen) atoms. The molecule has 0 fully saturated rings. The van der Waals surface area contributed by atoms with Gasteiger partial charge in [0.1, 0.15) is 17.9 Å². The number of fused-ring (bicyclic) bond motifs is 1. The topological polar surface area (TPSA) is 52.8 Å². The molecule has 0 saturated heterocycles. The second-order valence-corrected chi connectivity index (χ2v) is 6.83. The summed E-state index contributed by atoms with van der Waals surface area (Å²) in [6.45, 7) is 0.779. The van der Waals surface area contributed by atoms with Crippen molar-refractivity contribution in [2.75, 3.05) is 7.11 Å². The molecule has 4 rings (SSSR count). The van der Waals surface area contributed by atoms with Gasteiger partial charge in [0.2, 0.25) is 0 Å². The van der Waals surface area contributed by atoms with Crippen LogP contribution in [-0.2, 0) is 18.0 Å². The third-order valence-electron chi connectivity index (χ3n) is 4.88. The van der Waals surface area contributed by atoms with Gasteiger partial charge in [-0.25, -0.2) is 0 Å². The van der Waals surface area contributed by atoms with Crippen LogP contribution in [0.3, 0.4) is 0 Å². The molecule has 5 nitrogen and oxygen atoms in total. The minimum atomic E-state index is -0.179. The summed E-state index contributed by atoms with van der Waals surface area (Å²) in [7, 11) is 1.56. The Morgan fingerprint density at radius 2 is 1.50 bits per heavy atom. The molecule has 0 saturated carbocycles. The zero-order valence-electron chi connectivity index (χ0n) is 16.7. The maximum absolute atomic E-state index is 13.4. The monoisotopic (exact) mass is 398 g/mol. The van der Waals surface area contributed by atoms with Crippen molar-refractivity contribution >= 4 is 17.1 Å². The molecule has 3 aromatic carbocycles. The Morgan fingerprint density at radius 3 is 2.20 bits per heavy atom. The van der Waals surface area contributed by atoms with Crippen LogP contribution in [0.2, 0.25) is 0 Å². The van der Waals surface area contributed by atoms with E-state index in [1.807, 2.05) is 84.9 Å². The predicted octanol–water partition coefficient (Wildman–Crippen LogP) is 4.61. The summed E-state index contributed by atoms with van der Waals surface area (Å²) in [6, 6.07) is 27.3. The van der Waals surface area contributed by atoms with E-state index in [-0.39, 0.29) is 5.56 Å². The van der Waals surface area contributed by atoms with Gasteiger partial charge in [-0.15, -0.1) is 0 Å². The molecule has 0 aliphatic carbocycles. The number of oxime groups is 1. The molecule has 0 N–H and O–H groups in total. The number of methoxy groups -OCH3 is 1. The zero-order chi connectivity index (χ0) is 20.8. The second-order valence-electron chi connectivity index (χ2n) is 6.83. The van der Waals surface area contributed by atoms with Crippen LogP contribution in [0.25, 0.3) is 10.9 Å². The molecular weight excluding hydrogens is 376 g/mol. The number of pyridine rings is 1. The standard InChI is InChI=1S/C25H22N2O3/c1-29-24-21-14-8-9-15-23(21)27(17-19-10-4-2-5-11-19)25(28)22(24)16-26-30-18-20-12-6-3-7-13-20/h2-16H,17-18H2,1H3. The molecule has 150 valence electrons. The number of rotatable bonds is 7. The molecule has 1 heterocycles. The maximum atomic E-state index is 13.4. The van der Waals surface area contributed by atoms with Gasteiger partial charge in [-0.05, 0) is 23.3 Å². The first kappa shape index (κ1) is 19.5. The molecule has 0 unspecified atom stereocenters. The van der Waals surface area contributed by atoms with Gasteiger partial charge in [0, 0.05) is 5.39 Å². The van der Waals surface area contributed by atoms with Gasteiger partial charge < -0.3 is 14.1 Å². The molecule has 0 atom stereocenters. The van der Waals surface area contributed by atoms with Gasteiger partial charge in [-0.3, -0.25) is 4.79 Å². The highest BCUT2D eigenvalue weighted by Gasteiger charge is 2.16. The SMILES string of the molecule is COc1c(C=NOCc2ccccc2)c(=O)n(Cc2ccccc2)c2ccccc12. The van der Waals surface area contributed by atoms with E-state index in [9.17, 15) is 4.79 Å². The van der Waals surface area contributed by atoms with Crippen molar-refractivity contribution in [3.8, 4) is 5.75 Å². The Labute approximate surface area is 174 Å². The maximum Gasteiger partial charge on any atom is 0.264 e. The van der Waals surface area contributed by atoms with E-state index in [0.29, 0.717) is 24.5 Å². The Morgan fingerprint density at radius 1 is 0.867 bits per heavy atom. The van der Waals surface area contributed by atoms with Crippen molar-refractivity contribution in [1.82, 2.24) is 4.57 Å². The van der Waals surface area contributed by atoms with Gasteiger partial charge in [0.05, 0.1) is 25.4 Å². The van der Waals surface area contributed by atoms with Crippen molar-refractivity contribution in [1.29, 1.82) is 0 Å². The van der Waals surface area contributed by atoms with Gasteiger partial charge in [0.25, 0.3) is 5.56 Å². The second kappa shape index (κ2) is 9.09. The normalized spacial score (nSPS) is 11.1. The van der Waals surface area contributed by atoms with Crippen LogP contribution in [-0.4, -0.2) is 17.9 Å². The molecule has 0 bridgehead atoms. The number of aromatic nitrogens is 1. The first-order valence-corrected chi connectivity index (χ1v) is 9.70. The van der Waals surface area contributed by atoms with Crippen LogP contribution in [0.5, 0.6) is 5.75 Å². The van der Waals surface area contributed by atoms with E-state index in [0.717, 1.165) is 22.0 Å². The van der Waals surface area contributed by atoms with Crippen molar-refractivity contribution < 1.29 is 9.57 Å². The number of hydrogen-bond donors (Lipinski definition) is 0. The van der Waals surface area contributed by atoms with Crippen molar-refractivity contribution in [3.63, 3.8) is 0 Å². The van der Waals surface area contributed by atoms with E-state index in [4.69, 9.17) is 9.57 Å². The molecule has 1 aromatic heterocycles. The van der Waals surface area contributed by atoms with Crippen LogP contribution < -0.4 is 10.3 Å². The quantitative estimate of drug-likeness (QED) is 0.337. The van der Waals surface area contributed by atoms with Crippen molar-refractivity contribution in [3.05, 3.63) is 112 Å². The minimum absolute atomic E-state index is 0.179. The molecular formula is C25H22N2O3. The highest BCUT2D eigenvalue weighted by atomic mass is 16.6. The Bertz CT molecular complexity index is 1220. The molecule has 0 aliphatic heterocycles. The average molecular weight is 398 g/mol. The first-order valence-electron chi connectivity index (χ1n) is 9.70. The number of hydrogen-bond acceptors (Lipinski definition) is 4. The van der Waals surface area contributed by atoms with Gasteiger partial charge in [-0.1, -0.05) is 78.0 Å². The molecule has 4 aromatic rings. The van der Waals surface area contributed by atoms with E-state index in [1.165, 1.54) is 6.21 Å². The van der Waals surface area contributed by atoms with Gasteiger partial charge >= 0.3 is 0 Å². The van der Waals surface area contributed by atoms with Crippen LogP contribution in [0.15, 0.2) is 94.9 Å². The fourth-order valence-electron chi connectivity index (χ4n) is 3.43. The zero-order valence-corrected chi connectivity index (χ0v) is 16.7. The summed E-state index contributed by atoms with van der Waals surface area (Å²) < 4.78 is 7.34. The van der Waals surface area contributed by atoms with Gasteiger partial charge in [0.15, 0.2) is 0 Å². The lowest BCUT2D eigenvalue weighted by Crippen LogP contribution is -2.25. The Hall–Kier alpha value is -3.86. The fraction of sp³-hybridized carbons (Fsp3) is 0.120. The van der Waals surface area contributed by atoms with E-state index in [1.54, 1.807) is 11.7 Å². The fourth-order valence-corrected chi connectivity index (χ4v) is 3.43. The summed E-state index contributed by atoms with van der Waals surface area (Å²) >= 11 is 0. The smallest absolute Gasteiger partial charge is 0.264 e. The van der Waals surface area contributed by atoms with E-state index in [2.05, 4.69) is 5.16 Å². The lowest BCUT2D eigenvalue weighted by molar-refractivity contribution is 0.132. The summed E-state index contributed by atoms with van der Waals surface area (Å²) in [5.41, 5.74) is 3.03. The van der Waals surface area contributed by atoms with Crippen molar-refractivity contribution in [2.45, 2.75) is 13.2 Å². The lowest BCUT2D eigenvalue weighted by atomic mass is 10.1. The number of para-hydroxylation sites is 1. The average Bonchev–Trinajstić information content (AvgIpc) is 2.80.